The van der Waals surface area contributed by atoms with E-state index >= 15 is 0 Å². The van der Waals surface area contributed by atoms with E-state index in [4.69, 9.17) is 16.9 Å². The van der Waals surface area contributed by atoms with Crippen LogP contribution < -0.4 is 5.32 Å². The molecular weight excluding hydrogens is 352 g/mol. The van der Waals surface area contributed by atoms with Crippen molar-refractivity contribution < 1.29 is 4.79 Å². The normalized spacial score (nSPS) is 10.8. The standard InChI is InChI=1S/C16H10BrClN2O/c17-13-5-3-4-11(9-13)8-12(10-19)16(21)20-15-7-2-1-6-14(15)18/h1-9H,(H,20,21)/b12-8+. The summed E-state index contributed by atoms with van der Waals surface area (Å²) in [4.78, 5) is 12.1. The van der Waals surface area contributed by atoms with Crippen molar-refractivity contribution in [3.63, 3.8) is 0 Å². The number of anilines is 1. The van der Waals surface area contributed by atoms with Crippen LogP contribution in [-0.2, 0) is 4.79 Å². The average molecular weight is 362 g/mol. The molecule has 0 saturated heterocycles. The maximum atomic E-state index is 12.1. The van der Waals surface area contributed by atoms with Crippen LogP contribution in [0.2, 0.25) is 5.02 Å². The third-order valence-electron chi connectivity index (χ3n) is 2.65. The number of para-hydroxylation sites is 1. The monoisotopic (exact) mass is 360 g/mol. The molecule has 0 aliphatic rings. The number of nitrogens with zero attached hydrogens (tertiary/aromatic N) is 1. The van der Waals surface area contributed by atoms with Gasteiger partial charge >= 0.3 is 0 Å². The molecule has 0 bridgehead atoms. The Morgan fingerprint density at radius 2 is 2.00 bits per heavy atom. The van der Waals surface area contributed by atoms with Crippen molar-refractivity contribution in [1.82, 2.24) is 0 Å². The molecular formula is C16H10BrClN2O. The topological polar surface area (TPSA) is 52.9 Å². The zero-order valence-corrected chi connectivity index (χ0v) is 13.1. The van der Waals surface area contributed by atoms with E-state index in [0.29, 0.717) is 10.7 Å². The van der Waals surface area contributed by atoms with Crippen LogP contribution in [0.4, 0.5) is 5.69 Å². The first-order valence-corrected chi connectivity index (χ1v) is 7.20. The lowest BCUT2D eigenvalue weighted by Crippen LogP contribution is -2.13. The minimum Gasteiger partial charge on any atom is -0.320 e. The summed E-state index contributed by atoms with van der Waals surface area (Å²) in [7, 11) is 0. The maximum Gasteiger partial charge on any atom is 0.266 e. The van der Waals surface area contributed by atoms with Gasteiger partial charge in [-0.1, -0.05) is 51.8 Å². The van der Waals surface area contributed by atoms with Crippen molar-refractivity contribution in [2.45, 2.75) is 0 Å². The SMILES string of the molecule is N#C/C(=C\c1cccc(Br)c1)C(=O)Nc1ccccc1Cl. The van der Waals surface area contributed by atoms with Gasteiger partial charge in [-0.15, -0.1) is 0 Å². The van der Waals surface area contributed by atoms with Crippen LogP contribution in [-0.4, -0.2) is 5.91 Å². The Kier molecular flexibility index (Phi) is 5.15. The van der Waals surface area contributed by atoms with Gasteiger partial charge in [0.1, 0.15) is 11.6 Å². The lowest BCUT2D eigenvalue weighted by Gasteiger charge is -2.06. The molecule has 3 nitrogen and oxygen atoms in total. The molecule has 0 spiro atoms. The molecule has 104 valence electrons. The van der Waals surface area contributed by atoms with Crippen LogP contribution in [0.5, 0.6) is 0 Å². The van der Waals surface area contributed by atoms with E-state index in [2.05, 4.69) is 21.2 Å². The van der Waals surface area contributed by atoms with Crippen LogP contribution in [0.1, 0.15) is 5.56 Å². The van der Waals surface area contributed by atoms with Gasteiger partial charge in [-0.3, -0.25) is 4.79 Å². The third-order valence-corrected chi connectivity index (χ3v) is 3.47. The highest BCUT2D eigenvalue weighted by atomic mass is 79.9. The molecule has 21 heavy (non-hydrogen) atoms. The summed E-state index contributed by atoms with van der Waals surface area (Å²) in [6.07, 6.45) is 1.52. The van der Waals surface area contributed by atoms with E-state index in [1.807, 2.05) is 30.3 Å². The van der Waals surface area contributed by atoms with Crippen LogP contribution in [0.15, 0.2) is 58.6 Å². The van der Waals surface area contributed by atoms with Gasteiger partial charge in [-0.05, 0) is 35.9 Å². The van der Waals surface area contributed by atoms with Gasteiger partial charge < -0.3 is 5.32 Å². The lowest BCUT2D eigenvalue weighted by atomic mass is 10.1. The average Bonchev–Trinajstić information content (AvgIpc) is 2.47. The second kappa shape index (κ2) is 7.07. The number of nitrogens with one attached hydrogen (secondary N) is 1. The smallest absolute Gasteiger partial charge is 0.266 e. The summed E-state index contributed by atoms with van der Waals surface area (Å²) >= 11 is 9.32. The second-order valence-electron chi connectivity index (χ2n) is 4.16. The molecule has 0 atom stereocenters. The summed E-state index contributed by atoms with van der Waals surface area (Å²) < 4.78 is 0.875. The summed E-state index contributed by atoms with van der Waals surface area (Å²) in [5, 5.41) is 12.2. The Bertz CT molecular complexity index is 750. The van der Waals surface area contributed by atoms with E-state index in [9.17, 15) is 4.79 Å². The Morgan fingerprint density at radius 3 is 2.67 bits per heavy atom. The molecule has 2 aromatic carbocycles. The molecule has 5 heteroatoms. The molecule has 0 fully saturated rings. The van der Waals surface area contributed by atoms with Gasteiger partial charge in [0.05, 0.1) is 10.7 Å². The van der Waals surface area contributed by atoms with Crippen molar-refractivity contribution in [2.75, 3.05) is 5.32 Å². The molecule has 0 heterocycles. The number of benzene rings is 2. The van der Waals surface area contributed by atoms with E-state index in [0.717, 1.165) is 10.0 Å². The summed E-state index contributed by atoms with van der Waals surface area (Å²) in [6.45, 7) is 0. The van der Waals surface area contributed by atoms with Crippen molar-refractivity contribution in [3.8, 4) is 6.07 Å². The number of hydrogen-bond acceptors (Lipinski definition) is 2. The van der Waals surface area contributed by atoms with Gasteiger partial charge in [-0.25, -0.2) is 0 Å². The quantitative estimate of drug-likeness (QED) is 0.639. The first-order chi connectivity index (χ1) is 10.1. The Labute approximate surface area is 136 Å². The number of amides is 1. The highest BCUT2D eigenvalue weighted by Gasteiger charge is 2.11. The fourth-order valence-corrected chi connectivity index (χ4v) is 2.26. The number of nitriles is 1. The van der Waals surface area contributed by atoms with Crippen LogP contribution in [0.3, 0.4) is 0 Å². The van der Waals surface area contributed by atoms with Crippen molar-refractivity contribution >= 4 is 45.2 Å². The zero-order chi connectivity index (χ0) is 15.2. The highest BCUT2D eigenvalue weighted by Crippen LogP contribution is 2.21. The largest absolute Gasteiger partial charge is 0.320 e. The Morgan fingerprint density at radius 1 is 1.24 bits per heavy atom. The Hall–Kier alpha value is -2.09. The maximum absolute atomic E-state index is 12.1. The Balaban J connectivity index is 2.24. The van der Waals surface area contributed by atoms with E-state index in [1.54, 1.807) is 24.3 Å². The van der Waals surface area contributed by atoms with Gasteiger partial charge in [0, 0.05) is 4.47 Å². The molecule has 1 N–H and O–H groups in total. The molecule has 0 saturated carbocycles. The minimum atomic E-state index is -0.495. The second-order valence-corrected chi connectivity index (χ2v) is 5.48. The predicted octanol–water partition coefficient (Wildman–Crippen LogP) is 4.65. The third kappa shape index (κ3) is 4.19. The number of rotatable bonds is 3. The van der Waals surface area contributed by atoms with Crippen molar-refractivity contribution in [3.05, 3.63) is 69.2 Å². The van der Waals surface area contributed by atoms with Gasteiger partial charge in [0.15, 0.2) is 0 Å². The summed E-state index contributed by atoms with van der Waals surface area (Å²) in [6, 6.07) is 16.1. The highest BCUT2D eigenvalue weighted by molar-refractivity contribution is 9.10. The molecule has 1 amide bonds. The van der Waals surface area contributed by atoms with Crippen molar-refractivity contribution in [1.29, 1.82) is 5.26 Å². The predicted molar refractivity (Wildman–Crippen MR) is 87.8 cm³/mol. The molecule has 2 aromatic rings. The first-order valence-electron chi connectivity index (χ1n) is 6.03. The number of halogens is 2. The molecule has 0 aliphatic heterocycles. The number of carbonyl (C=O) groups is 1. The van der Waals surface area contributed by atoms with Gasteiger partial charge in [0.25, 0.3) is 5.91 Å². The van der Waals surface area contributed by atoms with E-state index in [1.165, 1.54) is 6.08 Å². The molecule has 0 aromatic heterocycles. The number of carbonyl (C=O) groups excluding carboxylic acids is 1. The lowest BCUT2D eigenvalue weighted by molar-refractivity contribution is -0.112. The molecule has 0 unspecified atom stereocenters. The number of hydrogen-bond donors (Lipinski definition) is 1. The summed E-state index contributed by atoms with van der Waals surface area (Å²) in [5.41, 5.74) is 1.24. The summed E-state index contributed by atoms with van der Waals surface area (Å²) in [5.74, 6) is -0.495. The fourth-order valence-electron chi connectivity index (χ4n) is 1.66. The first kappa shape index (κ1) is 15.3. The molecule has 0 aliphatic carbocycles. The minimum absolute atomic E-state index is 0.00743. The van der Waals surface area contributed by atoms with Crippen LogP contribution >= 0.6 is 27.5 Å². The van der Waals surface area contributed by atoms with E-state index in [-0.39, 0.29) is 5.57 Å². The van der Waals surface area contributed by atoms with E-state index < -0.39 is 5.91 Å². The molecule has 2 rings (SSSR count). The van der Waals surface area contributed by atoms with Crippen LogP contribution in [0, 0.1) is 11.3 Å². The molecule has 0 radical (unpaired) electrons. The fraction of sp³-hybridized carbons (Fsp3) is 0. The van der Waals surface area contributed by atoms with Crippen molar-refractivity contribution in [2.24, 2.45) is 0 Å². The van der Waals surface area contributed by atoms with Gasteiger partial charge in [-0.2, -0.15) is 5.26 Å². The van der Waals surface area contributed by atoms with Gasteiger partial charge in [0.2, 0.25) is 0 Å². The van der Waals surface area contributed by atoms with Crippen LogP contribution in [0.25, 0.3) is 6.08 Å². The zero-order valence-electron chi connectivity index (χ0n) is 10.8.